The van der Waals surface area contributed by atoms with E-state index in [0.29, 0.717) is 11.1 Å². The van der Waals surface area contributed by atoms with Gasteiger partial charge in [0.25, 0.3) is 5.91 Å². The minimum Gasteiger partial charge on any atom is -0.346 e. The molecular formula is C33H37N5O5. The molecule has 2 aromatic rings. The molecule has 4 amide bonds. The van der Waals surface area contributed by atoms with Crippen LogP contribution in [0.3, 0.4) is 0 Å². The largest absolute Gasteiger partial charge is 0.346 e. The van der Waals surface area contributed by atoms with E-state index in [1.807, 2.05) is 36.4 Å². The van der Waals surface area contributed by atoms with Crippen molar-refractivity contribution < 1.29 is 24.0 Å². The van der Waals surface area contributed by atoms with Crippen LogP contribution < -0.4 is 10.6 Å². The normalized spacial score (nSPS) is 20.3. The highest BCUT2D eigenvalue weighted by atomic mass is 16.2. The molecule has 43 heavy (non-hydrogen) atoms. The minimum atomic E-state index is -1.17. The molecule has 224 valence electrons. The molecule has 1 heterocycles. The Morgan fingerprint density at radius 1 is 1.00 bits per heavy atom. The Morgan fingerprint density at radius 3 is 2.23 bits per heavy atom. The first-order valence-corrected chi connectivity index (χ1v) is 14.5. The van der Waals surface area contributed by atoms with Gasteiger partial charge in [-0.05, 0) is 48.1 Å². The zero-order chi connectivity index (χ0) is 31.1. The van der Waals surface area contributed by atoms with Crippen molar-refractivity contribution in [2.45, 2.75) is 51.1 Å². The number of carbonyl (C=O) groups excluding carboxylic acids is 5. The van der Waals surface area contributed by atoms with Crippen LogP contribution in [-0.4, -0.2) is 59.6 Å². The first kappa shape index (κ1) is 31.3. The third-order valence-corrected chi connectivity index (χ3v) is 8.15. The van der Waals surface area contributed by atoms with Gasteiger partial charge in [0, 0.05) is 20.2 Å². The first-order valence-electron chi connectivity index (χ1n) is 14.5. The molecule has 10 nitrogen and oxygen atoms in total. The molecule has 4 rings (SSSR count). The fourth-order valence-corrected chi connectivity index (χ4v) is 5.87. The van der Waals surface area contributed by atoms with Gasteiger partial charge in [-0.15, -0.1) is 0 Å². The second kappa shape index (κ2) is 14.0. The fourth-order valence-electron chi connectivity index (χ4n) is 5.87. The summed E-state index contributed by atoms with van der Waals surface area (Å²) in [4.78, 5) is 66.2. The van der Waals surface area contributed by atoms with Gasteiger partial charge in [0.1, 0.15) is 5.92 Å². The number of hydrazine groups is 1. The van der Waals surface area contributed by atoms with Crippen molar-refractivity contribution in [1.82, 2.24) is 20.7 Å². The molecule has 10 heteroatoms. The molecule has 0 radical (unpaired) electrons. The number of amides is 4. The lowest BCUT2D eigenvalue weighted by Crippen LogP contribution is -2.51. The Balaban J connectivity index is 1.50. The van der Waals surface area contributed by atoms with Crippen molar-refractivity contribution in [2.24, 2.45) is 17.8 Å². The van der Waals surface area contributed by atoms with E-state index < -0.39 is 53.3 Å². The van der Waals surface area contributed by atoms with Crippen molar-refractivity contribution in [3.05, 3.63) is 77.4 Å². The predicted octanol–water partition coefficient (Wildman–Crippen LogP) is 3.16. The molecule has 4 atom stereocenters. The van der Waals surface area contributed by atoms with Gasteiger partial charge in [0.2, 0.25) is 17.7 Å². The van der Waals surface area contributed by atoms with E-state index in [-0.39, 0.29) is 12.3 Å². The summed E-state index contributed by atoms with van der Waals surface area (Å²) in [6.45, 7) is 1.58. The summed E-state index contributed by atoms with van der Waals surface area (Å²) in [5.74, 6) is -4.45. The molecule has 2 N–H and O–H groups in total. The van der Waals surface area contributed by atoms with Gasteiger partial charge in [-0.2, -0.15) is 5.26 Å². The van der Waals surface area contributed by atoms with Crippen LogP contribution in [0.15, 0.2) is 60.7 Å². The lowest BCUT2D eigenvalue weighted by atomic mass is 9.83. The SMILES string of the molecule is C[C@@H]1C(=O)N(N(C)C)C(=O)[C@H]1C(=O)[C@@H](NC(=O)C[C@H](NC(=O)/C=C/c1ccc(C#N)cc1)c1ccccc1)C1CCCC1. The van der Waals surface area contributed by atoms with Crippen molar-refractivity contribution >= 4 is 35.5 Å². The number of carbonyl (C=O) groups is 5. The molecular weight excluding hydrogens is 546 g/mol. The van der Waals surface area contributed by atoms with E-state index in [1.54, 1.807) is 51.4 Å². The number of nitrogens with zero attached hydrogens (tertiary/aromatic N) is 3. The maximum Gasteiger partial charge on any atom is 0.255 e. The van der Waals surface area contributed by atoms with Crippen LogP contribution in [0.5, 0.6) is 0 Å². The Hall–Kier alpha value is -4.62. The average Bonchev–Trinajstić information content (AvgIpc) is 3.61. The zero-order valence-corrected chi connectivity index (χ0v) is 24.7. The van der Waals surface area contributed by atoms with E-state index in [1.165, 1.54) is 11.1 Å². The molecule has 1 aliphatic heterocycles. The van der Waals surface area contributed by atoms with Gasteiger partial charge in [-0.1, -0.05) is 62.2 Å². The first-order chi connectivity index (χ1) is 20.6. The zero-order valence-electron chi connectivity index (χ0n) is 24.7. The number of hydrogen-bond acceptors (Lipinski definition) is 7. The van der Waals surface area contributed by atoms with E-state index >= 15 is 0 Å². The summed E-state index contributed by atoms with van der Waals surface area (Å²) < 4.78 is 0. The van der Waals surface area contributed by atoms with Crippen LogP contribution >= 0.6 is 0 Å². The number of nitriles is 1. The highest BCUT2D eigenvalue weighted by Crippen LogP contribution is 2.34. The van der Waals surface area contributed by atoms with Crippen LogP contribution in [0.4, 0.5) is 0 Å². The van der Waals surface area contributed by atoms with Crippen LogP contribution in [0.2, 0.25) is 0 Å². The van der Waals surface area contributed by atoms with Crippen molar-refractivity contribution in [1.29, 1.82) is 5.26 Å². The second-order valence-electron chi connectivity index (χ2n) is 11.3. The van der Waals surface area contributed by atoms with Gasteiger partial charge < -0.3 is 10.6 Å². The topological polar surface area (TPSA) is 140 Å². The molecule has 1 aliphatic carbocycles. The monoisotopic (exact) mass is 583 g/mol. The van der Waals surface area contributed by atoms with Crippen molar-refractivity contribution in [3.63, 3.8) is 0 Å². The van der Waals surface area contributed by atoms with Crippen LogP contribution in [0.1, 0.15) is 61.8 Å². The molecule has 0 aromatic heterocycles. The molecule has 1 saturated carbocycles. The molecule has 2 aromatic carbocycles. The molecule has 0 bridgehead atoms. The maximum atomic E-state index is 13.9. The Labute approximate surface area is 251 Å². The molecule has 0 spiro atoms. The van der Waals surface area contributed by atoms with E-state index in [9.17, 15) is 24.0 Å². The lowest BCUT2D eigenvalue weighted by molar-refractivity contribution is -0.155. The quantitative estimate of drug-likeness (QED) is 0.235. The Morgan fingerprint density at radius 2 is 1.65 bits per heavy atom. The standard InChI is InChI=1S/C33H37N5O5/c1-21-29(33(43)38(32(21)42)37(2)3)31(41)30(25-11-7-8-12-25)36-28(40)19-26(24-9-5-4-6-10-24)35-27(39)18-17-22-13-15-23(20-34)16-14-22/h4-6,9-10,13-18,21,25-26,29-30H,7-8,11-12,19H2,1-3H3,(H,35,39)(H,36,40)/b18-17+/t21-,26-,29+,30-/m0/s1. The summed E-state index contributed by atoms with van der Waals surface area (Å²) >= 11 is 0. The summed E-state index contributed by atoms with van der Waals surface area (Å²) in [6.07, 6.45) is 6.14. The van der Waals surface area contributed by atoms with Crippen LogP contribution in [0, 0.1) is 29.1 Å². The number of ketones is 1. The smallest absolute Gasteiger partial charge is 0.255 e. The lowest BCUT2D eigenvalue weighted by Gasteiger charge is -2.28. The average molecular weight is 584 g/mol. The number of hydrogen-bond donors (Lipinski definition) is 2. The summed E-state index contributed by atoms with van der Waals surface area (Å²) in [5.41, 5.74) is 1.97. The number of nitrogens with one attached hydrogen (secondary N) is 2. The van der Waals surface area contributed by atoms with Crippen LogP contribution in [0.25, 0.3) is 6.08 Å². The molecule has 0 unspecified atom stereocenters. The third-order valence-electron chi connectivity index (χ3n) is 8.15. The molecule has 1 saturated heterocycles. The van der Waals surface area contributed by atoms with Gasteiger partial charge in [0.05, 0.1) is 36.1 Å². The number of rotatable bonds is 11. The number of benzene rings is 2. The molecule has 2 fully saturated rings. The minimum absolute atomic E-state index is 0.131. The van der Waals surface area contributed by atoms with Gasteiger partial charge in [0.15, 0.2) is 5.78 Å². The fraction of sp³-hybridized carbons (Fsp3) is 0.394. The highest BCUT2D eigenvalue weighted by molar-refractivity contribution is 6.16. The van der Waals surface area contributed by atoms with Gasteiger partial charge in [-0.25, -0.2) is 10.0 Å². The van der Waals surface area contributed by atoms with E-state index in [4.69, 9.17) is 5.26 Å². The molecule has 2 aliphatic rings. The summed E-state index contributed by atoms with van der Waals surface area (Å²) in [6, 6.07) is 16.3. The summed E-state index contributed by atoms with van der Waals surface area (Å²) in [7, 11) is 3.15. The number of Topliss-reactive ketones (excluding diaryl/α,β-unsaturated/α-hetero) is 1. The Bertz CT molecular complexity index is 1420. The van der Waals surface area contributed by atoms with Crippen LogP contribution in [-0.2, 0) is 24.0 Å². The highest BCUT2D eigenvalue weighted by Gasteiger charge is 2.52. The third kappa shape index (κ3) is 7.43. The Kier molecular flexibility index (Phi) is 10.2. The second-order valence-corrected chi connectivity index (χ2v) is 11.3. The van der Waals surface area contributed by atoms with Crippen molar-refractivity contribution in [3.8, 4) is 6.07 Å². The number of imide groups is 1. The maximum absolute atomic E-state index is 13.9. The summed E-state index contributed by atoms with van der Waals surface area (Å²) in [5, 5.41) is 17.1. The van der Waals surface area contributed by atoms with E-state index in [0.717, 1.165) is 36.3 Å². The van der Waals surface area contributed by atoms with Gasteiger partial charge in [-0.3, -0.25) is 24.0 Å². The van der Waals surface area contributed by atoms with Gasteiger partial charge >= 0.3 is 0 Å². The van der Waals surface area contributed by atoms with Crippen molar-refractivity contribution in [2.75, 3.05) is 14.1 Å². The van der Waals surface area contributed by atoms with E-state index in [2.05, 4.69) is 10.6 Å². The predicted molar refractivity (Wildman–Crippen MR) is 159 cm³/mol.